The molecule has 0 spiro atoms. The van der Waals surface area contributed by atoms with E-state index < -0.39 is 0 Å². The molecular formula is C10H16ClN3O. The molecule has 0 aliphatic carbocycles. The molecule has 1 rings (SSSR count). The number of benzene rings is 1. The van der Waals surface area contributed by atoms with Crippen LogP contribution in [0.2, 0.25) is 0 Å². The second kappa shape index (κ2) is 5.58. The quantitative estimate of drug-likeness (QED) is 0.407. The number of hydrogen-bond donors (Lipinski definition) is 2. The van der Waals surface area contributed by atoms with Gasteiger partial charge in [-0.3, -0.25) is 4.79 Å². The molecule has 0 radical (unpaired) electrons. The second-order valence-electron chi connectivity index (χ2n) is 3.43. The van der Waals surface area contributed by atoms with Crippen LogP contribution in [0.1, 0.15) is 10.4 Å². The lowest BCUT2D eigenvalue weighted by Crippen LogP contribution is -3.12. The number of nitrogens with zero attached hydrogens (tertiary/aromatic N) is 1. The van der Waals surface area contributed by atoms with Gasteiger partial charge in [0.05, 0.1) is 21.1 Å². The number of nitrogens with one attached hydrogen (secondary N) is 1. The smallest absolute Gasteiger partial charge is 0.298 e. The highest BCUT2D eigenvalue weighted by Crippen LogP contribution is 2.06. The minimum absolute atomic E-state index is 0. The predicted molar refractivity (Wildman–Crippen MR) is 55.8 cm³/mol. The molecule has 1 amide bonds. The largest absolute Gasteiger partial charge is 1.00 e. The van der Waals surface area contributed by atoms with Crippen molar-refractivity contribution in [3.05, 3.63) is 29.8 Å². The molecule has 5 heteroatoms. The molecule has 0 aliphatic rings. The molecule has 15 heavy (non-hydrogen) atoms. The van der Waals surface area contributed by atoms with Crippen molar-refractivity contribution in [2.45, 2.75) is 0 Å². The maximum absolute atomic E-state index is 11.8. The van der Waals surface area contributed by atoms with Crippen LogP contribution in [-0.2, 0) is 0 Å². The normalized spacial score (nSPS) is 9.60. The zero-order chi connectivity index (χ0) is 10.7. The zero-order valence-corrected chi connectivity index (χ0v) is 9.88. The average Bonchev–Trinajstić information content (AvgIpc) is 2.16. The average molecular weight is 230 g/mol. The Labute approximate surface area is 96.0 Å². The summed E-state index contributed by atoms with van der Waals surface area (Å²) in [7, 11) is 5.55. The molecule has 1 aromatic carbocycles. The van der Waals surface area contributed by atoms with Crippen LogP contribution in [0.3, 0.4) is 0 Å². The molecule has 0 unspecified atom stereocenters. The molecule has 0 heterocycles. The van der Waals surface area contributed by atoms with Gasteiger partial charge >= 0.3 is 0 Å². The van der Waals surface area contributed by atoms with Crippen molar-refractivity contribution in [1.29, 1.82) is 0 Å². The fraction of sp³-hybridized carbons (Fsp3) is 0.300. The van der Waals surface area contributed by atoms with Gasteiger partial charge in [0.15, 0.2) is 0 Å². The number of hydrogen-bond acceptors (Lipinski definition) is 2. The highest BCUT2D eigenvalue weighted by atomic mass is 35.5. The van der Waals surface area contributed by atoms with Gasteiger partial charge < -0.3 is 18.1 Å². The first-order valence-corrected chi connectivity index (χ1v) is 4.46. The monoisotopic (exact) mass is 229 g/mol. The first-order valence-electron chi connectivity index (χ1n) is 4.46. The van der Waals surface area contributed by atoms with Crippen molar-refractivity contribution in [1.82, 2.24) is 5.01 Å². The van der Waals surface area contributed by atoms with E-state index in [-0.39, 0.29) is 18.3 Å². The van der Waals surface area contributed by atoms with Gasteiger partial charge in [-0.2, -0.15) is 5.01 Å². The van der Waals surface area contributed by atoms with Crippen LogP contribution in [0, 0.1) is 0 Å². The maximum atomic E-state index is 11.8. The Hall–Kier alpha value is -1.26. The number of nitrogens with two attached hydrogens (primary N) is 1. The molecule has 3 N–H and O–H groups in total. The Morgan fingerprint density at radius 2 is 1.73 bits per heavy atom. The summed E-state index contributed by atoms with van der Waals surface area (Å²) in [4.78, 5) is 11.8. The Morgan fingerprint density at radius 1 is 1.27 bits per heavy atom. The number of quaternary nitrogens is 1. The van der Waals surface area contributed by atoms with Crippen molar-refractivity contribution in [2.24, 2.45) is 0 Å². The molecule has 0 aromatic heterocycles. The van der Waals surface area contributed by atoms with Gasteiger partial charge in [-0.15, -0.1) is 0 Å². The summed E-state index contributed by atoms with van der Waals surface area (Å²) in [6.07, 6.45) is 0. The van der Waals surface area contributed by atoms with E-state index in [9.17, 15) is 4.79 Å². The van der Waals surface area contributed by atoms with Crippen molar-refractivity contribution < 1.29 is 22.2 Å². The molecule has 84 valence electrons. The molecule has 1 aromatic rings. The first-order chi connectivity index (χ1) is 6.52. The Kier molecular flexibility index (Phi) is 5.11. The fourth-order valence-electron chi connectivity index (χ4n) is 1.02. The van der Waals surface area contributed by atoms with Crippen LogP contribution >= 0.6 is 0 Å². The third-order valence-corrected chi connectivity index (χ3v) is 2.13. The molecule has 0 bridgehead atoms. The summed E-state index contributed by atoms with van der Waals surface area (Å²) >= 11 is 0. The Bertz CT molecular complexity index is 324. The lowest BCUT2D eigenvalue weighted by atomic mass is 10.2. The summed E-state index contributed by atoms with van der Waals surface area (Å²) in [5, 5.41) is 2.58. The van der Waals surface area contributed by atoms with Crippen molar-refractivity contribution in [3.63, 3.8) is 0 Å². The van der Waals surface area contributed by atoms with Gasteiger partial charge in [0.25, 0.3) is 5.91 Å². The van der Waals surface area contributed by atoms with E-state index in [0.717, 1.165) is 5.01 Å². The highest BCUT2D eigenvalue weighted by molar-refractivity contribution is 5.93. The molecule has 0 saturated carbocycles. The highest BCUT2D eigenvalue weighted by Gasteiger charge is 2.15. The van der Waals surface area contributed by atoms with Crippen LogP contribution in [0.25, 0.3) is 0 Å². The second-order valence-corrected chi connectivity index (χ2v) is 3.43. The molecule has 0 atom stereocenters. The van der Waals surface area contributed by atoms with Crippen LogP contribution in [-0.4, -0.2) is 32.1 Å². The van der Waals surface area contributed by atoms with E-state index in [1.807, 2.05) is 14.1 Å². The van der Waals surface area contributed by atoms with Gasteiger partial charge in [0, 0.05) is 11.3 Å². The molecule has 0 saturated heterocycles. The number of carbonyl (C=O) groups excluding carboxylic acids is 1. The number of anilines is 1. The number of carbonyl (C=O) groups is 1. The van der Waals surface area contributed by atoms with Gasteiger partial charge in [0.2, 0.25) is 0 Å². The number of amides is 1. The van der Waals surface area contributed by atoms with Crippen molar-refractivity contribution >= 4 is 11.6 Å². The Morgan fingerprint density at radius 3 is 2.13 bits per heavy atom. The van der Waals surface area contributed by atoms with E-state index in [4.69, 9.17) is 5.73 Å². The number of halogens is 1. The summed E-state index contributed by atoms with van der Waals surface area (Å²) < 4.78 is 0. The SMILES string of the molecule is CN(C(=O)c1ccc(N)cc1)[NH+](C)C.[Cl-]. The van der Waals surface area contributed by atoms with Crippen LogP contribution < -0.4 is 23.1 Å². The summed E-state index contributed by atoms with van der Waals surface area (Å²) in [5.74, 6) is -0.00926. The molecule has 0 aliphatic heterocycles. The van der Waals surface area contributed by atoms with Crippen molar-refractivity contribution in [2.75, 3.05) is 26.9 Å². The van der Waals surface area contributed by atoms with Crippen LogP contribution in [0.5, 0.6) is 0 Å². The molecule has 4 nitrogen and oxygen atoms in total. The van der Waals surface area contributed by atoms with Gasteiger partial charge in [-0.1, -0.05) is 0 Å². The number of rotatable bonds is 2. The van der Waals surface area contributed by atoms with Crippen LogP contribution in [0.4, 0.5) is 5.69 Å². The topological polar surface area (TPSA) is 50.8 Å². The standard InChI is InChI=1S/C10H15N3O.ClH/c1-12(2)13(3)10(14)8-4-6-9(11)7-5-8;/h4-7H,11H2,1-3H3;1H. The lowest BCUT2D eigenvalue weighted by molar-refractivity contribution is -0.964. The third-order valence-electron chi connectivity index (χ3n) is 2.13. The van der Waals surface area contributed by atoms with Gasteiger partial charge in [0.1, 0.15) is 0 Å². The predicted octanol–water partition coefficient (Wildman–Crippen LogP) is -3.60. The first kappa shape index (κ1) is 13.7. The van der Waals surface area contributed by atoms with E-state index in [2.05, 4.69) is 0 Å². The molecule has 0 fully saturated rings. The summed E-state index contributed by atoms with van der Waals surface area (Å²) in [6.45, 7) is 0. The minimum atomic E-state index is -0.00926. The number of nitrogen functional groups attached to an aromatic ring is 1. The van der Waals surface area contributed by atoms with Gasteiger partial charge in [-0.05, 0) is 24.3 Å². The zero-order valence-electron chi connectivity index (χ0n) is 9.12. The van der Waals surface area contributed by atoms with E-state index >= 15 is 0 Å². The summed E-state index contributed by atoms with van der Waals surface area (Å²) in [5.41, 5.74) is 6.86. The third kappa shape index (κ3) is 3.42. The Balaban J connectivity index is 0.00000196. The lowest BCUT2D eigenvalue weighted by Gasteiger charge is -2.20. The van der Waals surface area contributed by atoms with E-state index in [0.29, 0.717) is 11.3 Å². The fourth-order valence-corrected chi connectivity index (χ4v) is 1.02. The van der Waals surface area contributed by atoms with E-state index in [1.165, 1.54) is 0 Å². The minimum Gasteiger partial charge on any atom is -1.00 e. The summed E-state index contributed by atoms with van der Waals surface area (Å²) in [6, 6.07) is 6.92. The molecular weight excluding hydrogens is 214 g/mol. The van der Waals surface area contributed by atoms with Crippen LogP contribution in [0.15, 0.2) is 24.3 Å². The maximum Gasteiger partial charge on any atom is 0.298 e. The van der Waals surface area contributed by atoms with Crippen molar-refractivity contribution in [3.8, 4) is 0 Å². The van der Waals surface area contributed by atoms with Gasteiger partial charge in [-0.25, -0.2) is 5.01 Å². The van der Waals surface area contributed by atoms with E-state index in [1.54, 1.807) is 36.3 Å².